The predicted octanol–water partition coefficient (Wildman–Crippen LogP) is 3.74. The Bertz CT molecular complexity index is 857. The Hall–Kier alpha value is -3.02. The molecule has 0 spiro atoms. The van der Waals surface area contributed by atoms with Gasteiger partial charge in [-0.2, -0.15) is 0 Å². The third kappa shape index (κ3) is 3.26. The molecule has 0 bridgehead atoms. The summed E-state index contributed by atoms with van der Waals surface area (Å²) in [7, 11) is 0. The lowest BCUT2D eigenvalue weighted by molar-refractivity contribution is 0.102. The smallest absolute Gasteiger partial charge is 0.322 e. The van der Waals surface area contributed by atoms with Crippen molar-refractivity contribution in [1.29, 1.82) is 0 Å². The van der Waals surface area contributed by atoms with Crippen molar-refractivity contribution in [2.45, 2.75) is 13.8 Å². The number of hydrogen-bond acceptors (Lipinski definition) is 4. The van der Waals surface area contributed by atoms with E-state index in [2.05, 4.69) is 15.5 Å². The molecule has 0 saturated carbocycles. The lowest BCUT2D eigenvalue weighted by atomic mass is 10.1. The number of benzene rings is 2. The number of rotatable bonds is 3. The van der Waals surface area contributed by atoms with E-state index in [-0.39, 0.29) is 6.01 Å². The van der Waals surface area contributed by atoms with Crippen molar-refractivity contribution >= 4 is 11.9 Å². The number of anilines is 1. The van der Waals surface area contributed by atoms with Gasteiger partial charge >= 0.3 is 6.01 Å². The van der Waals surface area contributed by atoms with Crippen LogP contribution in [-0.4, -0.2) is 16.1 Å². The second-order valence-corrected chi connectivity index (χ2v) is 5.17. The van der Waals surface area contributed by atoms with Crippen LogP contribution >= 0.6 is 0 Å². The maximum atomic E-state index is 12.9. The van der Waals surface area contributed by atoms with Crippen LogP contribution in [0.25, 0.3) is 11.5 Å². The summed E-state index contributed by atoms with van der Waals surface area (Å²) in [6, 6.07) is 11.0. The van der Waals surface area contributed by atoms with E-state index in [1.165, 1.54) is 24.3 Å². The fraction of sp³-hybridized carbons (Fsp3) is 0.118. The Morgan fingerprint density at radius 3 is 2.48 bits per heavy atom. The predicted molar refractivity (Wildman–Crippen MR) is 83.6 cm³/mol. The van der Waals surface area contributed by atoms with Crippen molar-refractivity contribution in [3.8, 4) is 11.5 Å². The summed E-state index contributed by atoms with van der Waals surface area (Å²) in [6.07, 6.45) is 0. The van der Waals surface area contributed by atoms with E-state index in [1.807, 2.05) is 32.0 Å². The number of aromatic nitrogens is 2. The Morgan fingerprint density at radius 2 is 1.78 bits per heavy atom. The number of carbonyl (C=O) groups is 1. The minimum absolute atomic E-state index is 0.00690. The first-order valence-electron chi connectivity index (χ1n) is 7.01. The Kier molecular flexibility index (Phi) is 3.89. The lowest BCUT2D eigenvalue weighted by Gasteiger charge is -2.01. The molecule has 116 valence electrons. The number of halogens is 1. The highest BCUT2D eigenvalue weighted by molar-refractivity contribution is 6.03. The van der Waals surface area contributed by atoms with Crippen molar-refractivity contribution in [3.05, 3.63) is 65.0 Å². The molecule has 0 atom stereocenters. The second-order valence-electron chi connectivity index (χ2n) is 5.17. The van der Waals surface area contributed by atoms with Gasteiger partial charge in [0.25, 0.3) is 5.91 Å². The molecule has 5 nitrogen and oxygen atoms in total. The van der Waals surface area contributed by atoms with Crippen molar-refractivity contribution < 1.29 is 13.6 Å². The molecule has 0 aliphatic heterocycles. The van der Waals surface area contributed by atoms with E-state index in [4.69, 9.17) is 4.42 Å². The normalized spacial score (nSPS) is 10.6. The minimum atomic E-state index is -0.444. The van der Waals surface area contributed by atoms with Crippen LogP contribution in [0.3, 0.4) is 0 Å². The molecule has 3 aromatic rings. The van der Waals surface area contributed by atoms with Gasteiger partial charge in [0.2, 0.25) is 5.89 Å². The molecule has 2 aromatic carbocycles. The molecule has 23 heavy (non-hydrogen) atoms. The molecular formula is C17H14FN3O2. The number of aryl methyl sites for hydroxylation is 2. The highest BCUT2D eigenvalue weighted by Crippen LogP contribution is 2.22. The van der Waals surface area contributed by atoms with Crippen molar-refractivity contribution in [2.75, 3.05) is 5.32 Å². The highest BCUT2D eigenvalue weighted by atomic mass is 19.1. The van der Waals surface area contributed by atoms with Gasteiger partial charge in [0.15, 0.2) is 0 Å². The van der Waals surface area contributed by atoms with Crippen molar-refractivity contribution in [2.24, 2.45) is 0 Å². The molecule has 0 aliphatic carbocycles. The van der Waals surface area contributed by atoms with Gasteiger partial charge < -0.3 is 4.42 Å². The first-order chi connectivity index (χ1) is 11.0. The molecule has 0 aliphatic rings. The van der Waals surface area contributed by atoms with Crippen LogP contribution in [0.5, 0.6) is 0 Å². The van der Waals surface area contributed by atoms with E-state index in [9.17, 15) is 9.18 Å². The zero-order valence-electron chi connectivity index (χ0n) is 12.6. The van der Waals surface area contributed by atoms with Crippen molar-refractivity contribution in [3.63, 3.8) is 0 Å². The standard InChI is InChI=1S/C17H14FN3O2/c1-10-3-4-13(9-11(10)2)16-20-21-17(23-16)19-15(22)12-5-7-14(18)8-6-12/h3-9H,1-2H3,(H,19,21,22). The van der Waals surface area contributed by atoms with Crippen LogP contribution in [-0.2, 0) is 0 Å². The molecule has 1 heterocycles. The van der Waals surface area contributed by atoms with Gasteiger partial charge in [-0.1, -0.05) is 11.2 Å². The molecule has 3 rings (SSSR count). The van der Waals surface area contributed by atoms with E-state index < -0.39 is 11.7 Å². The average molecular weight is 311 g/mol. The SMILES string of the molecule is Cc1ccc(-c2nnc(NC(=O)c3ccc(F)cc3)o2)cc1C. The van der Waals surface area contributed by atoms with Gasteiger partial charge in [-0.3, -0.25) is 10.1 Å². The number of carbonyl (C=O) groups excluding carboxylic acids is 1. The van der Waals surface area contributed by atoms with E-state index >= 15 is 0 Å². The first-order valence-corrected chi connectivity index (χ1v) is 7.01. The van der Waals surface area contributed by atoms with Crippen LogP contribution in [0.1, 0.15) is 21.5 Å². The van der Waals surface area contributed by atoms with E-state index in [1.54, 1.807) is 0 Å². The highest BCUT2D eigenvalue weighted by Gasteiger charge is 2.13. The minimum Gasteiger partial charge on any atom is -0.403 e. The number of amides is 1. The largest absolute Gasteiger partial charge is 0.403 e. The molecule has 1 aromatic heterocycles. The molecule has 0 radical (unpaired) electrons. The first kappa shape index (κ1) is 14.9. The van der Waals surface area contributed by atoms with Crippen LogP contribution in [0.2, 0.25) is 0 Å². The summed E-state index contributed by atoms with van der Waals surface area (Å²) >= 11 is 0. The second kappa shape index (κ2) is 6.00. The van der Waals surface area contributed by atoms with Gasteiger partial charge in [0.05, 0.1) is 0 Å². The van der Waals surface area contributed by atoms with E-state index in [0.717, 1.165) is 16.7 Å². The van der Waals surface area contributed by atoms with Gasteiger partial charge in [-0.15, -0.1) is 5.10 Å². The quantitative estimate of drug-likeness (QED) is 0.800. The summed E-state index contributed by atoms with van der Waals surface area (Å²) in [6.45, 7) is 4.01. The van der Waals surface area contributed by atoms with Gasteiger partial charge in [0, 0.05) is 11.1 Å². The van der Waals surface area contributed by atoms with Crippen LogP contribution in [0.15, 0.2) is 46.9 Å². The molecule has 0 unspecified atom stereocenters. The summed E-state index contributed by atoms with van der Waals surface area (Å²) in [5, 5.41) is 10.2. The fourth-order valence-electron chi connectivity index (χ4n) is 2.04. The van der Waals surface area contributed by atoms with Crippen LogP contribution in [0.4, 0.5) is 10.4 Å². The Morgan fingerprint density at radius 1 is 1.04 bits per heavy atom. The Labute approximate surface area is 132 Å². The molecule has 1 N–H and O–H groups in total. The zero-order chi connectivity index (χ0) is 16.4. The molecule has 6 heteroatoms. The van der Waals surface area contributed by atoms with Gasteiger partial charge in [-0.05, 0) is 61.4 Å². The van der Waals surface area contributed by atoms with Crippen LogP contribution in [0, 0.1) is 19.7 Å². The van der Waals surface area contributed by atoms with Crippen molar-refractivity contribution in [1.82, 2.24) is 10.2 Å². The third-order valence-electron chi connectivity index (χ3n) is 3.51. The maximum Gasteiger partial charge on any atom is 0.322 e. The van der Waals surface area contributed by atoms with Gasteiger partial charge in [-0.25, -0.2) is 4.39 Å². The number of nitrogens with zero attached hydrogens (tertiary/aromatic N) is 2. The monoisotopic (exact) mass is 311 g/mol. The topological polar surface area (TPSA) is 68.0 Å². The summed E-state index contributed by atoms with van der Waals surface area (Å²) in [4.78, 5) is 12.0. The number of nitrogens with one attached hydrogen (secondary N) is 1. The zero-order valence-corrected chi connectivity index (χ0v) is 12.6. The average Bonchev–Trinajstić information content (AvgIpc) is 2.99. The third-order valence-corrected chi connectivity index (χ3v) is 3.51. The summed E-state index contributed by atoms with van der Waals surface area (Å²) < 4.78 is 18.3. The summed E-state index contributed by atoms with van der Waals surface area (Å²) in [5.41, 5.74) is 3.36. The van der Waals surface area contributed by atoms with Crippen LogP contribution < -0.4 is 5.32 Å². The molecule has 1 amide bonds. The summed E-state index contributed by atoms with van der Waals surface area (Å²) in [5.74, 6) is -0.529. The fourth-order valence-corrected chi connectivity index (χ4v) is 2.04. The lowest BCUT2D eigenvalue weighted by Crippen LogP contribution is -2.12. The molecular weight excluding hydrogens is 297 g/mol. The van der Waals surface area contributed by atoms with E-state index in [0.29, 0.717) is 11.5 Å². The Balaban J connectivity index is 1.77. The maximum absolute atomic E-state index is 12.9. The number of hydrogen-bond donors (Lipinski definition) is 1. The molecule has 0 saturated heterocycles. The van der Waals surface area contributed by atoms with Gasteiger partial charge in [0.1, 0.15) is 5.82 Å². The molecule has 0 fully saturated rings.